The van der Waals surface area contributed by atoms with E-state index in [0.29, 0.717) is 0 Å². The maximum Gasteiger partial charge on any atom is 0.131 e. The van der Waals surface area contributed by atoms with Gasteiger partial charge in [0.25, 0.3) is 0 Å². The number of hydrogen-bond acceptors (Lipinski definition) is 5. The van der Waals surface area contributed by atoms with Crippen molar-refractivity contribution in [3.05, 3.63) is 10.0 Å². The van der Waals surface area contributed by atoms with Gasteiger partial charge in [0.15, 0.2) is 0 Å². The van der Waals surface area contributed by atoms with Crippen LogP contribution in [0.25, 0.3) is 0 Å². The summed E-state index contributed by atoms with van der Waals surface area (Å²) >= 11 is 1.70. The van der Waals surface area contributed by atoms with Gasteiger partial charge in [-0.3, -0.25) is 0 Å². The summed E-state index contributed by atoms with van der Waals surface area (Å²) in [7, 11) is 0. The third-order valence-electron chi connectivity index (χ3n) is 2.10. The van der Waals surface area contributed by atoms with Gasteiger partial charge in [-0.1, -0.05) is 6.92 Å². The average Bonchev–Trinajstić information content (AvgIpc) is 2.73. The fourth-order valence-corrected chi connectivity index (χ4v) is 2.16. The van der Waals surface area contributed by atoms with E-state index in [4.69, 9.17) is 4.74 Å². The zero-order valence-corrected chi connectivity index (χ0v) is 11.0. The van der Waals surface area contributed by atoms with E-state index < -0.39 is 0 Å². The van der Waals surface area contributed by atoms with Crippen molar-refractivity contribution >= 4 is 11.3 Å². The zero-order valence-electron chi connectivity index (χ0n) is 10.2. The first-order valence-corrected chi connectivity index (χ1v) is 6.78. The highest BCUT2D eigenvalue weighted by atomic mass is 32.1. The Morgan fingerprint density at radius 2 is 2.06 bits per heavy atom. The van der Waals surface area contributed by atoms with Crippen molar-refractivity contribution in [1.82, 2.24) is 15.5 Å². The minimum Gasteiger partial charge on any atom is -0.382 e. The quantitative estimate of drug-likeness (QED) is 0.674. The molecule has 1 aromatic heterocycles. The van der Waals surface area contributed by atoms with Gasteiger partial charge in [0, 0.05) is 26.2 Å². The lowest BCUT2D eigenvalue weighted by molar-refractivity contribution is 0.145. The van der Waals surface area contributed by atoms with E-state index in [1.165, 1.54) is 0 Å². The third kappa shape index (κ3) is 5.53. The van der Waals surface area contributed by atoms with E-state index in [0.717, 1.165) is 55.6 Å². The fraction of sp³-hybridized carbons (Fsp3) is 0.818. The second-order valence-electron chi connectivity index (χ2n) is 3.57. The van der Waals surface area contributed by atoms with Crippen LogP contribution in [0.15, 0.2) is 0 Å². The van der Waals surface area contributed by atoms with E-state index >= 15 is 0 Å². The van der Waals surface area contributed by atoms with Crippen LogP contribution in [0.4, 0.5) is 0 Å². The van der Waals surface area contributed by atoms with Gasteiger partial charge < -0.3 is 10.1 Å². The molecule has 0 bridgehead atoms. The lowest BCUT2D eigenvalue weighted by atomic mass is 10.3. The van der Waals surface area contributed by atoms with Crippen molar-refractivity contribution in [2.45, 2.75) is 39.7 Å². The predicted octanol–water partition coefficient (Wildman–Crippen LogP) is 2.01. The van der Waals surface area contributed by atoms with Crippen LogP contribution in [0.2, 0.25) is 0 Å². The Labute approximate surface area is 101 Å². The van der Waals surface area contributed by atoms with Gasteiger partial charge in [-0.2, -0.15) is 0 Å². The molecule has 0 radical (unpaired) electrons. The van der Waals surface area contributed by atoms with Crippen molar-refractivity contribution < 1.29 is 4.74 Å². The second-order valence-corrected chi connectivity index (χ2v) is 4.71. The van der Waals surface area contributed by atoms with Crippen LogP contribution < -0.4 is 5.32 Å². The number of ether oxygens (including phenoxy) is 1. The van der Waals surface area contributed by atoms with Gasteiger partial charge in [0.1, 0.15) is 10.0 Å². The summed E-state index contributed by atoms with van der Waals surface area (Å²) < 4.78 is 5.29. The predicted molar refractivity (Wildman–Crippen MR) is 66.7 cm³/mol. The van der Waals surface area contributed by atoms with Crippen LogP contribution in [0.5, 0.6) is 0 Å². The molecule has 1 rings (SSSR count). The minimum absolute atomic E-state index is 0.794. The smallest absolute Gasteiger partial charge is 0.131 e. The summed E-state index contributed by atoms with van der Waals surface area (Å²) in [5.41, 5.74) is 0. The van der Waals surface area contributed by atoms with Gasteiger partial charge in [-0.05, 0) is 26.3 Å². The average molecular weight is 243 g/mol. The van der Waals surface area contributed by atoms with E-state index in [2.05, 4.69) is 22.4 Å². The molecule has 5 heteroatoms. The van der Waals surface area contributed by atoms with E-state index in [1.54, 1.807) is 11.3 Å². The van der Waals surface area contributed by atoms with E-state index in [-0.39, 0.29) is 0 Å². The molecule has 4 nitrogen and oxygen atoms in total. The Bertz CT molecular complexity index is 278. The van der Waals surface area contributed by atoms with Crippen LogP contribution in [0.1, 0.15) is 36.7 Å². The van der Waals surface area contributed by atoms with Gasteiger partial charge in [-0.15, -0.1) is 21.5 Å². The highest BCUT2D eigenvalue weighted by Crippen LogP contribution is 2.11. The molecule has 16 heavy (non-hydrogen) atoms. The Hall–Kier alpha value is -0.520. The molecule has 0 saturated carbocycles. The fourth-order valence-electron chi connectivity index (χ4n) is 1.30. The van der Waals surface area contributed by atoms with Crippen molar-refractivity contribution in [2.24, 2.45) is 0 Å². The number of aromatic nitrogens is 2. The van der Waals surface area contributed by atoms with Crippen LogP contribution >= 0.6 is 11.3 Å². The largest absolute Gasteiger partial charge is 0.382 e. The first-order valence-electron chi connectivity index (χ1n) is 5.96. The normalized spacial score (nSPS) is 10.9. The van der Waals surface area contributed by atoms with Crippen molar-refractivity contribution in [3.8, 4) is 0 Å². The molecule has 1 aromatic rings. The summed E-state index contributed by atoms with van der Waals surface area (Å²) in [6.07, 6.45) is 3.16. The molecular formula is C11H21N3OS. The summed E-state index contributed by atoms with van der Waals surface area (Å²) in [5, 5.41) is 13.8. The molecule has 0 aliphatic heterocycles. The number of rotatable bonds is 9. The topological polar surface area (TPSA) is 47.0 Å². The standard InChI is InChI=1S/C11H21N3OS/c1-3-7-12-9-11-14-13-10(16-11)6-5-8-15-4-2/h12H,3-9H2,1-2H3. The molecule has 0 amide bonds. The molecule has 0 spiro atoms. The summed E-state index contributed by atoms with van der Waals surface area (Å²) in [6, 6.07) is 0. The molecule has 0 saturated heterocycles. The highest BCUT2D eigenvalue weighted by molar-refractivity contribution is 7.11. The molecule has 0 atom stereocenters. The Kier molecular flexibility index (Phi) is 7.29. The molecule has 0 aliphatic rings. The number of nitrogens with zero attached hydrogens (tertiary/aromatic N) is 2. The summed E-state index contributed by atoms with van der Waals surface area (Å²) in [5.74, 6) is 0. The van der Waals surface area contributed by atoms with Crippen molar-refractivity contribution in [2.75, 3.05) is 19.8 Å². The van der Waals surface area contributed by atoms with E-state index in [1.807, 2.05) is 6.92 Å². The molecule has 1 heterocycles. The first kappa shape index (κ1) is 13.5. The SMILES string of the molecule is CCCNCc1nnc(CCCOCC)s1. The number of hydrogen-bond donors (Lipinski definition) is 1. The molecule has 0 unspecified atom stereocenters. The van der Waals surface area contributed by atoms with Crippen LogP contribution in [0.3, 0.4) is 0 Å². The second kappa shape index (κ2) is 8.61. The monoisotopic (exact) mass is 243 g/mol. The van der Waals surface area contributed by atoms with Crippen LogP contribution in [-0.4, -0.2) is 30.0 Å². The molecule has 0 aliphatic carbocycles. The van der Waals surface area contributed by atoms with Crippen LogP contribution in [-0.2, 0) is 17.7 Å². The van der Waals surface area contributed by atoms with Gasteiger partial charge >= 0.3 is 0 Å². The lowest BCUT2D eigenvalue weighted by Gasteiger charge is -1.98. The Balaban J connectivity index is 2.17. The summed E-state index contributed by atoms with van der Waals surface area (Å²) in [6.45, 7) is 7.67. The van der Waals surface area contributed by atoms with Crippen molar-refractivity contribution in [3.63, 3.8) is 0 Å². The lowest BCUT2D eigenvalue weighted by Crippen LogP contribution is -2.13. The van der Waals surface area contributed by atoms with Gasteiger partial charge in [-0.25, -0.2) is 0 Å². The molecule has 1 N–H and O–H groups in total. The van der Waals surface area contributed by atoms with Crippen LogP contribution in [0, 0.1) is 0 Å². The minimum atomic E-state index is 0.794. The Morgan fingerprint density at radius 3 is 2.81 bits per heavy atom. The maximum absolute atomic E-state index is 5.29. The first-order chi connectivity index (χ1) is 7.86. The third-order valence-corrected chi connectivity index (χ3v) is 3.08. The van der Waals surface area contributed by atoms with Crippen molar-refractivity contribution in [1.29, 1.82) is 0 Å². The Morgan fingerprint density at radius 1 is 1.25 bits per heavy atom. The van der Waals surface area contributed by atoms with E-state index in [9.17, 15) is 0 Å². The summed E-state index contributed by atoms with van der Waals surface area (Å²) in [4.78, 5) is 0. The maximum atomic E-state index is 5.29. The zero-order chi connectivity index (χ0) is 11.6. The molecule has 0 aromatic carbocycles. The number of nitrogens with one attached hydrogen (secondary N) is 1. The molecule has 0 fully saturated rings. The molecular weight excluding hydrogens is 222 g/mol. The number of aryl methyl sites for hydroxylation is 1. The highest BCUT2D eigenvalue weighted by Gasteiger charge is 2.03. The van der Waals surface area contributed by atoms with Gasteiger partial charge in [0.05, 0.1) is 0 Å². The van der Waals surface area contributed by atoms with Gasteiger partial charge in [0.2, 0.25) is 0 Å². The molecule has 92 valence electrons.